The molecule has 2 rings (SSSR count). The summed E-state index contributed by atoms with van der Waals surface area (Å²) in [4.78, 5) is 0. The van der Waals surface area contributed by atoms with Crippen LogP contribution in [0.15, 0.2) is 18.2 Å². The van der Waals surface area contributed by atoms with Crippen LogP contribution in [0.1, 0.15) is 43.2 Å². The van der Waals surface area contributed by atoms with Gasteiger partial charge in [0.2, 0.25) is 0 Å². The number of hydrogen-bond acceptors (Lipinski definition) is 2. The Kier molecular flexibility index (Phi) is 5.14. The molecule has 1 saturated carbocycles. The largest absolute Gasteiger partial charge is 0.376 e. The van der Waals surface area contributed by atoms with Crippen LogP contribution in [0.25, 0.3) is 0 Å². The molecule has 0 saturated heterocycles. The van der Waals surface area contributed by atoms with Crippen molar-refractivity contribution in [1.82, 2.24) is 0 Å². The molecule has 100 valence electrons. The lowest BCUT2D eigenvalue weighted by atomic mass is 9.90. The Morgan fingerprint density at radius 2 is 2.00 bits per heavy atom. The summed E-state index contributed by atoms with van der Waals surface area (Å²) in [6.45, 7) is 1.51. The van der Waals surface area contributed by atoms with Crippen LogP contribution in [-0.2, 0) is 17.9 Å². The fourth-order valence-electron chi connectivity index (χ4n) is 2.52. The maximum Gasteiger partial charge on any atom is 0.129 e. The minimum Gasteiger partial charge on any atom is -0.376 e. The fraction of sp³-hybridized carbons (Fsp3) is 0.600. The van der Waals surface area contributed by atoms with Gasteiger partial charge in [-0.2, -0.15) is 0 Å². The molecule has 0 heterocycles. The smallest absolute Gasteiger partial charge is 0.129 e. The number of hydrogen-bond donors (Lipinski definition) is 1. The molecule has 0 atom stereocenters. The van der Waals surface area contributed by atoms with Gasteiger partial charge in [0, 0.05) is 18.7 Å². The Bertz CT molecular complexity index is 375. The molecule has 1 aliphatic rings. The average molecular weight is 251 g/mol. The molecule has 0 aliphatic heterocycles. The van der Waals surface area contributed by atoms with E-state index in [1.165, 1.54) is 38.2 Å². The van der Waals surface area contributed by atoms with Crippen LogP contribution in [0.2, 0.25) is 0 Å². The molecule has 0 amide bonds. The highest BCUT2D eigenvalue weighted by Crippen LogP contribution is 2.24. The molecule has 1 aromatic carbocycles. The second kappa shape index (κ2) is 6.86. The SMILES string of the molecule is NCc1ccc(COCC2CCCCC2)c(F)c1. The van der Waals surface area contributed by atoms with Gasteiger partial charge in [-0.25, -0.2) is 4.39 Å². The van der Waals surface area contributed by atoms with Crippen LogP contribution in [0.5, 0.6) is 0 Å². The standard InChI is InChI=1S/C15H22FNO/c16-15-8-13(9-17)6-7-14(15)11-18-10-12-4-2-1-3-5-12/h6-8,12H,1-5,9-11,17H2. The Morgan fingerprint density at radius 3 is 2.67 bits per heavy atom. The molecule has 2 nitrogen and oxygen atoms in total. The Balaban J connectivity index is 1.79. The van der Waals surface area contributed by atoms with E-state index in [0.717, 1.165) is 12.2 Å². The highest BCUT2D eigenvalue weighted by molar-refractivity contribution is 5.23. The van der Waals surface area contributed by atoms with Crippen molar-refractivity contribution in [3.8, 4) is 0 Å². The summed E-state index contributed by atoms with van der Waals surface area (Å²) in [7, 11) is 0. The van der Waals surface area contributed by atoms with Crippen LogP contribution in [0, 0.1) is 11.7 Å². The molecule has 0 spiro atoms. The zero-order chi connectivity index (χ0) is 12.8. The number of rotatable bonds is 5. The second-order valence-electron chi connectivity index (χ2n) is 5.15. The Morgan fingerprint density at radius 1 is 1.22 bits per heavy atom. The molecular formula is C15H22FNO. The van der Waals surface area contributed by atoms with Crippen molar-refractivity contribution in [2.45, 2.75) is 45.3 Å². The maximum atomic E-state index is 13.7. The topological polar surface area (TPSA) is 35.2 Å². The zero-order valence-electron chi connectivity index (χ0n) is 10.8. The van der Waals surface area contributed by atoms with E-state index in [4.69, 9.17) is 10.5 Å². The Hall–Kier alpha value is -0.930. The van der Waals surface area contributed by atoms with E-state index in [1.54, 1.807) is 6.07 Å². The van der Waals surface area contributed by atoms with E-state index < -0.39 is 0 Å². The first kappa shape index (κ1) is 13.5. The first-order valence-electron chi connectivity index (χ1n) is 6.84. The third-order valence-electron chi connectivity index (χ3n) is 3.69. The molecule has 0 bridgehead atoms. The van der Waals surface area contributed by atoms with Gasteiger partial charge in [0.05, 0.1) is 6.61 Å². The monoisotopic (exact) mass is 251 g/mol. The predicted octanol–water partition coefficient (Wildman–Crippen LogP) is 3.38. The van der Waals surface area contributed by atoms with Gasteiger partial charge in [0.1, 0.15) is 5.82 Å². The molecule has 1 aromatic rings. The highest BCUT2D eigenvalue weighted by atomic mass is 19.1. The van der Waals surface area contributed by atoms with Crippen LogP contribution in [-0.4, -0.2) is 6.61 Å². The van der Waals surface area contributed by atoms with Gasteiger partial charge < -0.3 is 10.5 Å². The summed E-state index contributed by atoms with van der Waals surface area (Å²) >= 11 is 0. The minimum absolute atomic E-state index is 0.207. The zero-order valence-corrected chi connectivity index (χ0v) is 10.8. The lowest BCUT2D eigenvalue weighted by molar-refractivity contribution is 0.0723. The van der Waals surface area contributed by atoms with Gasteiger partial charge in [0.15, 0.2) is 0 Å². The number of benzene rings is 1. The average Bonchev–Trinajstić information content (AvgIpc) is 2.42. The quantitative estimate of drug-likeness (QED) is 0.870. The van der Waals surface area contributed by atoms with Crippen molar-refractivity contribution < 1.29 is 9.13 Å². The summed E-state index contributed by atoms with van der Waals surface area (Å²) < 4.78 is 19.3. The third-order valence-corrected chi connectivity index (χ3v) is 3.69. The lowest BCUT2D eigenvalue weighted by Gasteiger charge is -2.21. The number of halogens is 1. The number of ether oxygens (including phenoxy) is 1. The van der Waals surface area contributed by atoms with E-state index in [0.29, 0.717) is 24.6 Å². The fourth-order valence-corrected chi connectivity index (χ4v) is 2.52. The van der Waals surface area contributed by atoms with E-state index in [1.807, 2.05) is 6.07 Å². The molecule has 1 fully saturated rings. The normalized spacial score (nSPS) is 17.0. The van der Waals surface area contributed by atoms with Crippen molar-refractivity contribution in [3.63, 3.8) is 0 Å². The predicted molar refractivity (Wildman–Crippen MR) is 70.5 cm³/mol. The molecule has 2 N–H and O–H groups in total. The minimum atomic E-state index is -0.207. The molecule has 18 heavy (non-hydrogen) atoms. The van der Waals surface area contributed by atoms with E-state index in [9.17, 15) is 4.39 Å². The van der Waals surface area contributed by atoms with E-state index >= 15 is 0 Å². The first-order valence-corrected chi connectivity index (χ1v) is 6.84. The van der Waals surface area contributed by atoms with Crippen LogP contribution in [0.4, 0.5) is 4.39 Å². The van der Waals surface area contributed by atoms with Gasteiger partial charge in [0.25, 0.3) is 0 Å². The molecule has 1 aliphatic carbocycles. The first-order chi connectivity index (χ1) is 8.79. The lowest BCUT2D eigenvalue weighted by Crippen LogP contribution is -2.13. The van der Waals surface area contributed by atoms with Crippen LogP contribution < -0.4 is 5.73 Å². The van der Waals surface area contributed by atoms with Gasteiger partial charge in [-0.3, -0.25) is 0 Å². The van der Waals surface area contributed by atoms with Crippen molar-refractivity contribution in [3.05, 3.63) is 35.1 Å². The van der Waals surface area contributed by atoms with Crippen molar-refractivity contribution >= 4 is 0 Å². The van der Waals surface area contributed by atoms with Crippen molar-refractivity contribution in [2.75, 3.05) is 6.61 Å². The molecule has 0 radical (unpaired) electrons. The second-order valence-corrected chi connectivity index (χ2v) is 5.15. The summed E-state index contributed by atoms with van der Waals surface area (Å²) in [5.74, 6) is 0.465. The van der Waals surface area contributed by atoms with Crippen LogP contribution >= 0.6 is 0 Å². The van der Waals surface area contributed by atoms with Gasteiger partial charge in [-0.05, 0) is 30.4 Å². The molecular weight excluding hydrogens is 229 g/mol. The molecule has 0 unspecified atom stereocenters. The van der Waals surface area contributed by atoms with Crippen LogP contribution in [0.3, 0.4) is 0 Å². The summed E-state index contributed by atoms with van der Waals surface area (Å²) in [5, 5.41) is 0. The van der Waals surface area contributed by atoms with E-state index in [2.05, 4.69) is 0 Å². The van der Waals surface area contributed by atoms with Crippen molar-refractivity contribution in [1.29, 1.82) is 0 Å². The summed E-state index contributed by atoms with van der Waals surface area (Å²) in [6, 6.07) is 5.14. The van der Waals surface area contributed by atoms with E-state index in [-0.39, 0.29) is 5.82 Å². The highest BCUT2D eigenvalue weighted by Gasteiger charge is 2.13. The Labute approximate surface area is 108 Å². The molecule has 0 aromatic heterocycles. The summed E-state index contributed by atoms with van der Waals surface area (Å²) in [5.41, 5.74) is 6.92. The maximum absolute atomic E-state index is 13.7. The van der Waals surface area contributed by atoms with Crippen molar-refractivity contribution in [2.24, 2.45) is 11.7 Å². The number of nitrogens with two attached hydrogens (primary N) is 1. The van der Waals surface area contributed by atoms with Gasteiger partial charge >= 0.3 is 0 Å². The van der Waals surface area contributed by atoms with Gasteiger partial charge in [-0.1, -0.05) is 31.4 Å². The summed E-state index contributed by atoms with van der Waals surface area (Å²) in [6.07, 6.45) is 6.50. The molecule has 3 heteroatoms. The van der Waals surface area contributed by atoms with Gasteiger partial charge in [-0.15, -0.1) is 0 Å². The third kappa shape index (κ3) is 3.79.